The topological polar surface area (TPSA) is 49.8 Å². The highest BCUT2D eigenvalue weighted by Gasteiger charge is 2.27. The monoisotopic (exact) mass is 288 g/mol. The number of aryl methyl sites for hydroxylation is 1. The lowest BCUT2D eigenvalue weighted by Gasteiger charge is -2.11. The number of rotatable bonds is 4. The maximum absolute atomic E-state index is 6.05. The van der Waals surface area contributed by atoms with Crippen molar-refractivity contribution in [1.82, 2.24) is 9.97 Å². The van der Waals surface area contributed by atoms with Crippen molar-refractivity contribution in [3.05, 3.63) is 40.7 Å². The molecule has 1 aromatic heterocycles. The van der Waals surface area contributed by atoms with Gasteiger partial charge in [-0.05, 0) is 37.5 Å². The molecule has 1 aliphatic rings. The van der Waals surface area contributed by atoms with Crippen LogP contribution in [0.4, 0.5) is 17.3 Å². The van der Waals surface area contributed by atoms with E-state index < -0.39 is 0 Å². The van der Waals surface area contributed by atoms with Crippen molar-refractivity contribution in [2.24, 2.45) is 0 Å². The summed E-state index contributed by atoms with van der Waals surface area (Å²) in [5.74, 6) is 3.07. The van der Waals surface area contributed by atoms with Crippen molar-refractivity contribution in [3.63, 3.8) is 0 Å². The van der Waals surface area contributed by atoms with Gasteiger partial charge >= 0.3 is 0 Å². The molecule has 4 nitrogen and oxygen atoms in total. The second-order valence-electron chi connectivity index (χ2n) is 5.11. The number of hydrogen-bond donors (Lipinski definition) is 2. The molecule has 0 aliphatic heterocycles. The molecule has 1 aromatic carbocycles. The Bertz CT molecular complexity index is 638. The number of aromatic nitrogens is 2. The Morgan fingerprint density at radius 3 is 2.60 bits per heavy atom. The first kappa shape index (κ1) is 13.2. The van der Waals surface area contributed by atoms with Gasteiger partial charge in [0.05, 0.1) is 0 Å². The van der Waals surface area contributed by atoms with Gasteiger partial charge in [0.15, 0.2) is 0 Å². The van der Waals surface area contributed by atoms with Crippen LogP contribution in [0.15, 0.2) is 24.3 Å². The highest BCUT2D eigenvalue weighted by atomic mass is 35.5. The highest BCUT2D eigenvalue weighted by Crippen LogP contribution is 2.39. The van der Waals surface area contributed by atoms with E-state index in [1.165, 1.54) is 12.8 Å². The molecule has 20 heavy (non-hydrogen) atoms. The predicted octanol–water partition coefficient (Wildman–Crippen LogP) is 4.10. The molecule has 2 N–H and O–H groups in total. The molecule has 0 unspecified atom stereocenters. The van der Waals surface area contributed by atoms with Gasteiger partial charge in [-0.25, -0.2) is 9.97 Å². The van der Waals surface area contributed by atoms with Crippen LogP contribution in [-0.2, 0) is 0 Å². The van der Waals surface area contributed by atoms with Gasteiger partial charge in [-0.15, -0.1) is 0 Å². The zero-order valence-corrected chi connectivity index (χ0v) is 12.3. The second kappa shape index (κ2) is 5.29. The summed E-state index contributed by atoms with van der Waals surface area (Å²) in [4.78, 5) is 9.11. The van der Waals surface area contributed by atoms with Crippen molar-refractivity contribution in [3.8, 4) is 0 Å². The third-order valence-electron chi connectivity index (χ3n) is 3.40. The lowest BCUT2D eigenvalue weighted by molar-refractivity contribution is 0.932. The SMILES string of the molecule is CNc1cc(Nc2cc(Cl)ccc2C)nc(C2CC2)n1. The molecule has 0 spiro atoms. The lowest BCUT2D eigenvalue weighted by atomic mass is 10.2. The zero-order valence-electron chi connectivity index (χ0n) is 11.6. The van der Waals surface area contributed by atoms with Crippen molar-refractivity contribution >= 4 is 28.9 Å². The Labute approximate surface area is 123 Å². The minimum atomic E-state index is 0.518. The van der Waals surface area contributed by atoms with Gasteiger partial charge < -0.3 is 10.6 Å². The van der Waals surface area contributed by atoms with E-state index in [0.29, 0.717) is 10.9 Å². The van der Waals surface area contributed by atoms with Gasteiger partial charge in [-0.3, -0.25) is 0 Å². The van der Waals surface area contributed by atoms with Gasteiger partial charge in [0.25, 0.3) is 0 Å². The average molecular weight is 289 g/mol. The van der Waals surface area contributed by atoms with Gasteiger partial charge in [0, 0.05) is 29.7 Å². The summed E-state index contributed by atoms with van der Waals surface area (Å²) in [6, 6.07) is 7.70. The number of anilines is 3. The number of hydrogen-bond acceptors (Lipinski definition) is 4. The molecule has 1 saturated carbocycles. The Morgan fingerprint density at radius 1 is 1.15 bits per heavy atom. The fourth-order valence-electron chi connectivity index (χ4n) is 2.05. The highest BCUT2D eigenvalue weighted by molar-refractivity contribution is 6.30. The molecule has 2 aromatic rings. The maximum atomic E-state index is 6.05. The Balaban J connectivity index is 1.93. The van der Waals surface area contributed by atoms with E-state index in [1.807, 2.05) is 38.2 Å². The molecule has 1 heterocycles. The summed E-state index contributed by atoms with van der Waals surface area (Å²) in [6.45, 7) is 2.04. The van der Waals surface area contributed by atoms with Crippen LogP contribution >= 0.6 is 11.6 Å². The normalized spacial score (nSPS) is 14.2. The second-order valence-corrected chi connectivity index (χ2v) is 5.54. The van der Waals surface area contributed by atoms with Crippen LogP contribution in [0.25, 0.3) is 0 Å². The maximum Gasteiger partial charge on any atom is 0.136 e. The van der Waals surface area contributed by atoms with Gasteiger partial charge in [0.1, 0.15) is 17.5 Å². The molecule has 0 atom stereocenters. The standard InChI is InChI=1S/C15H17ClN4/c1-9-3-6-11(16)7-12(9)18-14-8-13(17-2)19-15(20-14)10-4-5-10/h3,6-8,10H,4-5H2,1-2H3,(H2,17,18,19,20). The first-order valence-electron chi connectivity index (χ1n) is 6.75. The van der Waals surface area contributed by atoms with Crippen LogP contribution in [0.2, 0.25) is 5.02 Å². The quantitative estimate of drug-likeness (QED) is 0.889. The molecule has 0 radical (unpaired) electrons. The molecular formula is C15H17ClN4. The van der Waals surface area contributed by atoms with Crippen LogP contribution in [-0.4, -0.2) is 17.0 Å². The lowest BCUT2D eigenvalue weighted by Crippen LogP contribution is -2.03. The molecule has 5 heteroatoms. The Morgan fingerprint density at radius 2 is 1.90 bits per heavy atom. The fraction of sp³-hybridized carbons (Fsp3) is 0.333. The van der Waals surface area contributed by atoms with Crippen LogP contribution in [0.3, 0.4) is 0 Å². The van der Waals surface area contributed by atoms with Crippen molar-refractivity contribution in [1.29, 1.82) is 0 Å². The molecule has 0 amide bonds. The van der Waals surface area contributed by atoms with Crippen molar-refractivity contribution in [2.75, 3.05) is 17.7 Å². The van der Waals surface area contributed by atoms with E-state index in [2.05, 4.69) is 20.6 Å². The Hall–Kier alpha value is -1.81. The van der Waals surface area contributed by atoms with Crippen LogP contribution in [0, 0.1) is 6.92 Å². The smallest absolute Gasteiger partial charge is 0.136 e. The molecule has 3 rings (SSSR count). The summed E-state index contributed by atoms with van der Waals surface area (Å²) in [5, 5.41) is 7.13. The molecule has 0 bridgehead atoms. The van der Waals surface area contributed by atoms with Gasteiger partial charge in [0.2, 0.25) is 0 Å². The molecule has 1 fully saturated rings. The first-order chi connectivity index (χ1) is 9.65. The summed E-state index contributed by atoms with van der Waals surface area (Å²) in [7, 11) is 1.87. The third kappa shape index (κ3) is 2.85. The molecule has 1 aliphatic carbocycles. The van der Waals surface area contributed by atoms with Gasteiger partial charge in [-0.1, -0.05) is 17.7 Å². The summed E-state index contributed by atoms with van der Waals surface area (Å²) in [6.07, 6.45) is 2.37. The zero-order chi connectivity index (χ0) is 14.1. The number of benzene rings is 1. The van der Waals surface area contributed by atoms with Crippen LogP contribution in [0.5, 0.6) is 0 Å². The molecular weight excluding hydrogens is 272 g/mol. The van der Waals surface area contributed by atoms with E-state index in [1.54, 1.807) is 0 Å². The fourth-order valence-corrected chi connectivity index (χ4v) is 2.22. The third-order valence-corrected chi connectivity index (χ3v) is 3.64. The number of halogens is 1. The average Bonchev–Trinajstić information content (AvgIpc) is 3.27. The first-order valence-corrected chi connectivity index (χ1v) is 7.13. The van der Waals surface area contributed by atoms with E-state index in [4.69, 9.17) is 11.6 Å². The minimum Gasteiger partial charge on any atom is -0.373 e. The minimum absolute atomic E-state index is 0.518. The van der Waals surface area contributed by atoms with E-state index in [9.17, 15) is 0 Å². The van der Waals surface area contributed by atoms with E-state index in [-0.39, 0.29) is 0 Å². The van der Waals surface area contributed by atoms with Crippen LogP contribution in [0.1, 0.15) is 30.1 Å². The number of nitrogens with zero attached hydrogens (tertiary/aromatic N) is 2. The van der Waals surface area contributed by atoms with Gasteiger partial charge in [-0.2, -0.15) is 0 Å². The Kier molecular flexibility index (Phi) is 3.49. The largest absolute Gasteiger partial charge is 0.373 e. The van der Waals surface area contributed by atoms with Crippen molar-refractivity contribution in [2.45, 2.75) is 25.7 Å². The van der Waals surface area contributed by atoms with Crippen LogP contribution < -0.4 is 10.6 Å². The summed E-state index contributed by atoms with van der Waals surface area (Å²) >= 11 is 6.05. The summed E-state index contributed by atoms with van der Waals surface area (Å²) < 4.78 is 0. The summed E-state index contributed by atoms with van der Waals surface area (Å²) in [5.41, 5.74) is 2.10. The number of nitrogens with one attached hydrogen (secondary N) is 2. The predicted molar refractivity (Wildman–Crippen MR) is 83.0 cm³/mol. The van der Waals surface area contributed by atoms with E-state index >= 15 is 0 Å². The van der Waals surface area contributed by atoms with E-state index in [0.717, 1.165) is 28.7 Å². The van der Waals surface area contributed by atoms with Crippen molar-refractivity contribution < 1.29 is 0 Å². The molecule has 0 saturated heterocycles. The molecule has 104 valence electrons.